The first kappa shape index (κ1) is 24.4. The highest BCUT2D eigenvalue weighted by atomic mass is 16.5. The number of carbonyl (C=O) groups excluding carboxylic acids is 1. The van der Waals surface area contributed by atoms with Crippen LogP contribution in [0.25, 0.3) is 11.1 Å². The third-order valence-corrected chi connectivity index (χ3v) is 6.35. The van der Waals surface area contributed by atoms with E-state index in [9.17, 15) is 4.79 Å². The lowest BCUT2D eigenvalue weighted by molar-refractivity contribution is 0.0971. The highest BCUT2D eigenvalue weighted by Gasteiger charge is 2.28. The Morgan fingerprint density at radius 2 is 1.46 bits per heavy atom. The second kappa shape index (κ2) is 11.1. The van der Waals surface area contributed by atoms with Crippen LogP contribution in [0.4, 0.5) is 5.69 Å². The van der Waals surface area contributed by atoms with E-state index in [2.05, 4.69) is 5.32 Å². The molecule has 3 aromatic carbocycles. The molecule has 1 aliphatic heterocycles. The summed E-state index contributed by atoms with van der Waals surface area (Å²) >= 11 is 0. The minimum absolute atomic E-state index is 0.0311. The summed E-state index contributed by atoms with van der Waals surface area (Å²) in [6.07, 6.45) is 1.79. The topological polar surface area (TPSA) is 69.3 Å². The molecule has 0 atom stereocenters. The molecule has 4 rings (SSSR count). The molecule has 0 radical (unpaired) electrons. The number of methoxy groups -OCH3 is 4. The molecule has 7 heteroatoms. The molecule has 1 fully saturated rings. The van der Waals surface area contributed by atoms with E-state index in [0.29, 0.717) is 22.8 Å². The smallest absolute Gasteiger partial charge is 0.258 e. The highest BCUT2D eigenvalue weighted by molar-refractivity contribution is 6.07. The van der Waals surface area contributed by atoms with Gasteiger partial charge in [0.1, 0.15) is 5.75 Å². The van der Waals surface area contributed by atoms with E-state index in [4.69, 9.17) is 18.9 Å². The maximum atomic E-state index is 13.9. The van der Waals surface area contributed by atoms with Crippen molar-refractivity contribution in [2.75, 3.05) is 46.4 Å². The van der Waals surface area contributed by atoms with Crippen molar-refractivity contribution in [1.82, 2.24) is 5.32 Å². The fourth-order valence-electron chi connectivity index (χ4n) is 4.52. The molecule has 1 amide bonds. The van der Waals surface area contributed by atoms with Crippen LogP contribution in [0.3, 0.4) is 0 Å². The van der Waals surface area contributed by atoms with Crippen molar-refractivity contribution in [2.24, 2.45) is 0 Å². The van der Waals surface area contributed by atoms with Crippen molar-refractivity contribution >= 4 is 11.6 Å². The number of carbonyl (C=O) groups is 1. The van der Waals surface area contributed by atoms with E-state index < -0.39 is 0 Å². The first-order valence-corrected chi connectivity index (χ1v) is 11.7. The van der Waals surface area contributed by atoms with Gasteiger partial charge in [0.2, 0.25) is 5.75 Å². The lowest BCUT2D eigenvalue weighted by atomic mass is 9.99. The normalized spacial score (nSPS) is 13.7. The van der Waals surface area contributed by atoms with Gasteiger partial charge >= 0.3 is 0 Å². The monoisotopic (exact) mass is 476 g/mol. The van der Waals surface area contributed by atoms with Crippen LogP contribution in [-0.4, -0.2) is 53.5 Å². The number of amides is 1. The third kappa shape index (κ3) is 5.20. The number of piperidine rings is 1. The number of nitrogens with zero attached hydrogens (tertiary/aromatic N) is 1. The van der Waals surface area contributed by atoms with E-state index in [1.54, 1.807) is 28.4 Å². The van der Waals surface area contributed by atoms with Crippen LogP contribution >= 0.6 is 0 Å². The molecule has 184 valence electrons. The molecule has 35 heavy (non-hydrogen) atoms. The Kier molecular flexibility index (Phi) is 7.77. The van der Waals surface area contributed by atoms with Gasteiger partial charge in [0.05, 0.1) is 28.4 Å². The van der Waals surface area contributed by atoms with E-state index in [0.717, 1.165) is 48.5 Å². The summed E-state index contributed by atoms with van der Waals surface area (Å²) in [6.45, 7) is 1.77. The van der Waals surface area contributed by atoms with Crippen LogP contribution < -0.4 is 29.2 Å². The Morgan fingerprint density at radius 3 is 2.03 bits per heavy atom. The predicted molar refractivity (Wildman–Crippen MR) is 137 cm³/mol. The van der Waals surface area contributed by atoms with Gasteiger partial charge in [-0.25, -0.2) is 0 Å². The predicted octanol–water partition coefficient (Wildman–Crippen LogP) is 4.79. The fourth-order valence-corrected chi connectivity index (χ4v) is 4.52. The molecule has 0 bridgehead atoms. The molecule has 3 aromatic rings. The number of anilines is 1. The van der Waals surface area contributed by atoms with Gasteiger partial charge in [0.25, 0.3) is 5.91 Å². The van der Waals surface area contributed by atoms with Crippen molar-refractivity contribution < 1.29 is 23.7 Å². The summed E-state index contributed by atoms with van der Waals surface area (Å²) in [6, 6.07) is 19.2. The van der Waals surface area contributed by atoms with E-state index in [1.807, 2.05) is 65.6 Å². The molecule has 0 saturated carbocycles. The quantitative estimate of drug-likeness (QED) is 0.504. The summed E-state index contributed by atoms with van der Waals surface area (Å²) in [5, 5.41) is 3.39. The first-order valence-electron chi connectivity index (χ1n) is 11.7. The Labute approximate surface area is 206 Å². The summed E-state index contributed by atoms with van der Waals surface area (Å²) in [7, 11) is 6.40. The molecule has 1 saturated heterocycles. The van der Waals surface area contributed by atoms with Crippen LogP contribution in [-0.2, 0) is 0 Å². The van der Waals surface area contributed by atoms with Crippen molar-refractivity contribution in [3.05, 3.63) is 66.2 Å². The molecule has 1 N–H and O–H groups in total. The average Bonchev–Trinajstić information content (AvgIpc) is 2.93. The molecular weight excluding hydrogens is 444 g/mol. The number of ether oxygens (including phenoxy) is 4. The van der Waals surface area contributed by atoms with Gasteiger partial charge in [-0.1, -0.05) is 12.1 Å². The zero-order valence-electron chi connectivity index (χ0n) is 20.7. The van der Waals surface area contributed by atoms with Crippen LogP contribution in [0.2, 0.25) is 0 Å². The molecule has 0 spiro atoms. The molecule has 7 nitrogen and oxygen atoms in total. The number of nitrogens with one attached hydrogen (secondary N) is 1. The SMILES string of the molecule is COc1ccc(N(C(=O)c2cccc(-c3cc(OC)c(OC)c(OC)c3)c2)C2CCNCC2)cc1. The molecule has 1 heterocycles. The van der Waals surface area contributed by atoms with E-state index >= 15 is 0 Å². The van der Waals surface area contributed by atoms with Crippen molar-refractivity contribution in [3.63, 3.8) is 0 Å². The number of rotatable bonds is 8. The summed E-state index contributed by atoms with van der Waals surface area (Å²) in [5.74, 6) is 2.39. The molecule has 0 aromatic heterocycles. The second-order valence-corrected chi connectivity index (χ2v) is 8.35. The Hall–Kier alpha value is -3.71. The Bertz CT molecular complexity index is 1130. The van der Waals surface area contributed by atoms with Crippen molar-refractivity contribution in [3.8, 4) is 34.1 Å². The van der Waals surface area contributed by atoms with E-state index in [-0.39, 0.29) is 11.9 Å². The van der Waals surface area contributed by atoms with Gasteiger partial charge in [-0.3, -0.25) is 4.79 Å². The standard InChI is InChI=1S/C28H32N2O5/c1-32-24-10-8-22(9-11-24)30(23-12-14-29-15-13-23)28(31)20-7-5-6-19(16-20)21-17-25(33-2)27(35-4)26(18-21)34-3/h5-11,16-18,23,29H,12-15H2,1-4H3. The van der Waals surface area contributed by atoms with Gasteiger partial charge in [-0.2, -0.15) is 0 Å². The lowest BCUT2D eigenvalue weighted by Gasteiger charge is -2.35. The average molecular weight is 477 g/mol. The number of hydrogen-bond acceptors (Lipinski definition) is 6. The number of benzene rings is 3. The van der Waals surface area contributed by atoms with Crippen LogP contribution in [0, 0.1) is 0 Å². The third-order valence-electron chi connectivity index (χ3n) is 6.35. The highest BCUT2D eigenvalue weighted by Crippen LogP contribution is 2.41. The van der Waals surface area contributed by atoms with Gasteiger partial charge in [0.15, 0.2) is 11.5 Å². The van der Waals surface area contributed by atoms with Crippen molar-refractivity contribution in [1.29, 1.82) is 0 Å². The van der Waals surface area contributed by atoms with Gasteiger partial charge < -0.3 is 29.2 Å². The lowest BCUT2D eigenvalue weighted by Crippen LogP contribution is -2.46. The van der Waals surface area contributed by atoms with Gasteiger partial charge in [-0.15, -0.1) is 0 Å². The Balaban J connectivity index is 1.72. The zero-order valence-corrected chi connectivity index (χ0v) is 20.7. The summed E-state index contributed by atoms with van der Waals surface area (Å²) < 4.78 is 21.8. The van der Waals surface area contributed by atoms with Gasteiger partial charge in [0, 0.05) is 17.3 Å². The minimum atomic E-state index is -0.0311. The summed E-state index contributed by atoms with van der Waals surface area (Å²) in [5.41, 5.74) is 3.23. The van der Waals surface area contributed by atoms with Gasteiger partial charge in [-0.05, 0) is 85.6 Å². The molecular formula is C28H32N2O5. The molecule has 0 aliphatic carbocycles. The minimum Gasteiger partial charge on any atom is -0.497 e. The van der Waals surface area contributed by atoms with Crippen LogP contribution in [0.1, 0.15) is 23.2 Å². The molecule has 0 unspecified atom stereocenters. The maximum absolute atomic E-state index is 13.9. The first-order chi connectivity index (χ1) is 17.1. The van der Waals surface area contributed by atoms with Crippen LogP contribution in [0.5, 0.6) is 23.0 Å². The maximum Gasteiger partial charge on any atom is 0.258 e. The fraction of sp³-hybridized carbons (Fsp3) is 0.321. The molecule has 1 aliphatic rings. The zero-order chi connectivity index (χ0) is 24.8. The van der Waals surface area contributed by atoms with E-state index in [1.165, 1.54) is 0 Å². The van der Waals surface area contributed by atoms with Crippen LogP contribution in [0.15, 0.2) is 60.7 Å². The Morgan fingerprint density at radius 1 is 0.800 bits per heavy atom. The number of hydrogen-bond donors (Lipinski definition) is 1. The summed E-state index contributed by atoms with van der Waals surface area (Å²) in [4.78, 5) is 15.9. The van der Waals surface area contributed by atoms with Crippen molar-refractivity contribution in [2.45, 2.75) is 18.9 Å². The second-order valence-electron chi connectivity index (χ2n) is 8.35. The largest absolute Gasteiger partial charge is 0.497 e.